The highest BCUT2D eigenvalue weighted by Crippen LogP contribution is 2.40. The van der Waals surface area contributed by atoms with E-state index in [-0.39, 0.29) is 5.91 Å². The fourth-order valence-corrected chi connectivity index (χ4v) is 4.00. The molecule has 6 heteroatoms. The van der Waals surface area contributed by atoms with Crippen LogP contribution in [0.2, 0.25) is 0 Å². The number of carbonyl (C=O) groups excluding carboxylic acids is 1. The van der Waals surface area contributed by atoms with Gasteiger partial charge in [0.1, 0.15) is 5.75 Å². The fourth-order valence-electron chi connectivity index (χ4n) is 3.08. The van der Waals surface area contributed by atoms with Crippen molar-refractivity contribution in [2.24, 2.45) is 0 Å². The Balaban J connectivity index is 2.09. The number of rotatable bonds is 3. The van der Waals surface area contributed by atoms with Gasteiger partial charge in [0.15, 0.2) is 6.13 Å². The summed E-state index contributed by atoms with van der Waals surface area (Å²) in [6.45, 7) is 0. The quantitative estimate of drug-likeness (QED) is 0.385. The van der Waals surface area contributed by atoms with Crippen molar-refractivity contribution in [3.8, 4) is 5.75 Å². The lowest BCUT2D eigenvalue weighted by Gasteiger charge is -2.10. The number of hydrogen-bond acceptors (Lipinski definition) is 3. The van der Waals surface area contributed by atoms with Crippen molar-refractivity contribution < 1.29 is 9.32 Å². The average molecular weight is 383 g/mol. The number of hydrogen-bond donors (Lipinski definition) is 1. The number of fused-ring (bicyclic) bond motifs is 3. The van der Waals surface area contributed by atoms with Crippen LogP contribution in [0.3, 0.4) is 0 Å². The topological polar surface area (TPSA) is 31.2 Å². The van der Waals surface area contributed by atoms with E-state index in [9.17, 15) is 4.79 Å². The summed E-state index contributed by atoms with van der Waals surface area (Å²) < 4.78 is 7.50. The van der Waals surface area contributed by atoms with Crippen LogP contribution in [0.5, 0.6) is 5.75 Å². The molecule has 0 fully saturated rings. The molecule has 1 aromatic heterocycles. The molecule has 1 unspecified atom stereocenters. The zero-order valence-electron chi connectivity index (χ0n) is 13.0. The molecule has 0 aliphatic rings. The Morgan fingerprint density at radius 2 is 1.60 bits per heavy atom. The van der Waals surface area contributed by atoms with Crippen LogP contribution in [-0.2, 0) is 11.8 Å². The lowest BCUT2D eigenvalue weighted by molar-refractivity contribution is 0.0969. The number of aromatic nitrogens is 1. The highest BCUT2D eigenvalue weighted by atomic mass is 32.9. The standard InChI is InChI=1S/C19H14NO2PS2/c21-19(13-7-2-1-3-8-13)20-16-11-5-4-9-14(16)15-10-6-12-17(18(15)20)22-23(24)25/h1-12,23H,(H,24,25). The van der Waals surface area contributed by atoms with Gasteiger partial charge < -0.3 is 4.52 Å². The van der Waals surface area contributed by atoms with Gasteiger partial charge in [-0.25, -0.2) is 0 Å². The summed E-state index contributed by atoms with van der Waals surface area (Å²) in [5.41, 5.74) is 2.20. The molecule has 124 valence electrons. The molecule has 0 saturated heterocycles. The molecule has 0 aliphatic heterocycles. The number of para-hydroxylation sites is 2. The predicted molar refractivity (Wildman–Crippen MR) is 111 cm³/mol. The number of thiol groups is 1. The van der Waals surface area contributed by atoms with E-state index >= 15 is 0 Å². The van der Waals surface area contributed by atoms with Crippen LogP contribution in [0.25, 0.3) is 21.8 Å². The summed E-state index contributed by atoms with van der Waals surface area (Å²) in [4.78, 5) is 13.2. The van der Waals surface area contributed by atoms with E-state index in [1.807, 2.05) is 72.8 Å². The van der Waals surface area contributed by atoms with Crippen LogP contribution in [0.1, 0.15) is 10.4 Å². The molecule has 0 spiro atoms. The second-order valence-electron chi connectivity index (χ2n) is 5.54. The maximum atomic E-state index is 13.2. The smallest absolute Gasteiger partial charge is 0.262 e. The first-order valence-corrected chi connectivity index (χ1v) is 11.5. The Morgan fingerprint density at radius 3 is 2.36 bits per heavy atom. The van der Waals surface area contributed by atoms with Gasteiger partial charge in [-0.2, -0.15) is 0 Å². The van der Waals surface area contributed by atoms with E-state index in [0.29, 0.717) is 11.3 Å². The van der Waals surface area contributed by atoms with Crippen LogP contribution in [0.4, 0.5) is 0 Å². The second kappa shape index (κ2) is 6.68. The third-order valence-corrected chi connectivity index (χ3v) is 5.00. The Labute approximate surface area is 155 Å². The first-order valence-electron chi connectivity index (χ1n) is 7.69. The summed E-state index contributed by atoms with van der Waals surface area (Å²) >= 11 is 9.41. The van der Waals surface area contributed by atoms with Crippen LogP contribution in [0.15, 0.2) is 72.8 Å². The van der Waals surface area contributed by atoms with Gasteiger partial charge in [-0.3, -0.25) is 9.36 Å². The Morgan fingerprint density at radius 1 is 0.920 bits per heavy atom. The molecule has 3 aromatic carbocycles. The zero-order chi connectivity index (χ0) is 17.4. The van der Waals surface area contributed by atoms with Crippen molar-refractivity contribution in [2.75, 3.05) is 0 Å². The fraction of sp³-hybridized carbons (Fsp3) is 0. The summed E-state index contributed by atoms with van der Waals surface area (Å²) in [5.74, 6) is 0.497. The Kier molecular flexibility index (Phi) is 4.38. The molecule has 0 N–H and O–H groups in total. The van der Waals surface area contributed by atoms with Crippen LogP contribution in [-0.4, -0.2) is 10.5 Å². The third-order valence-electron chi connectivity index (χ3n) is 4.08. The van der Waals surface area contributed by atoms with Crippen molar-refractivity contribution in [2.45, 2.75) is 0 Å². The van der Waals surface area contributed by atoms with Gasteiger partial charge in [0, 0.05) is 16.3 Å². The molecule has 25 heavy (non-hydrogen) atoms. The minimum Gasteiger partial charge on any atom is -0.457 e. The molecule has 3 nitrogen and oxygen atoms in total. The number of nitrogens with zero attached hydrogens (tertiary/aromatic N) is 1. The van der Waals surface area contributed by atoms with Crippen molar-refractivity contribution in [3.63, 3.8) is 0 Å². The lowest BCUT2D eigenvalue weighted by Crippen LogP contribution is -2.11. The highest BCUT2D eigenvalue weighted by molar-refractivity contribution is 8.54. The van der Waals surface area contributed by atoms with E-state index in [1.165, 1.54) is 0 Å². The molecule has 0 saturated carbocycles. The second-order valence-corrected chi connectivity index (χ2v) is 9.52. The van der Waals surface area contributed by atoms with Gasteiger partial charge in [-0.15, -0.1) is 12.2 Å². The van der Waals surface area contributed by atoms with E-state index in [4.69, 9.17) is 16.3 Å². The van der Waals surface area contributed by atoms with Gasteiger partial charge in [-0.05, 0) is 36.1 Å². The van der Waals surface area contributed by atoms with Crippen molar-refractivity contribution in [1.82, 2.24) is 4.57 Å². The van der Waals surface area contributed by atoms with Crippen LogP contribution < -0.4 is 4.52 Å². The largest absolute Gasteiger partial charge is 0.457 e. The van der Waals surface area contributed by atoms with E-state index < -0.39 is 6.13 Å². The molecule has 1 atom stereocenters. The van der Waals surface area contributed by atoms with Crippen LogP contribution in [0, 0.1) is 0 Å². The number of carbonyl (C=O) groups is 1. The summed E-state index contributed by atoms with van der Waals surface area (Å²) in [6, 6.07) is 22.8. The van der Waals surface area contributed by atoms with Crippen molar-refractivity contribution in [1.29, 1.82) is 0 Å². The average Bonchev–Trinajstić information content (AvgIpc) is 2.97. The molecule has 4 rings (SSSR count). The molecule has 0 radical (unpaired) electrons. The van der Waals surface area contributed by atoms with Gasteiger partial charge in [0.25, 0.3) is 5.91 Å². The van der Waals surface area contributed by atoms with Gasteiger partial charge in [-0.1, -0.05) is 48.5 Å². The Hall–Kier alpha value is -2.07. The molecule has 1 heterocycles. The first kappa shape index (κ1) is 16.4. The minimum absolute atomic E-state index is 0.0971. The Bertz CT molecular complexity index is 1120. The molecule has 0 aliphatic carbocycles. The van der Waals surface area contributed by atoms with Crippen molar-refractivity contribution in [3.05, 3.63) is 78.4 Å². The first-order chi connectivity index (χ1) is 12.2. The molecular weight excluding hydrogens is 369 g/mol. The zero-order valence-corrected chi connectivity index (χ0v) is 15.8. The monoisotopic (exact) mass is 383 g/mol. The van der Waals surface area contributed by atoms with Crippen molar-refractivity contribution >= 4 is 57.9 Å². The lowest BCUT2D eigenvalue weighted by atomic mass is 10.1. The van der Waals surface area contributed by atoms with Gasteiger partial charge >= 0.3 is 0 Å². The predicted octanol–water partition coefficient (Wildman–Crippen LogP) is 5.30. The maximum Gasteiger partial charge on any atom is 0.262 e. The van der Waals surface area contributed by atoms with E-state index in [0.717, 1.165) is 21.8 Å². The number of benzene rings is 3. The van der Waals surface area contributed by atoms with Gasteiger partial charge in [0.2, 0.25) is 0 Å². The molecule has 0 bridgehead atoms. The highest BCUT2D eigenvalue weighted by Gasteiger charge is 2.20. The summed E-state index contributed by atoms with van der Waals surface area (Å²) in [5, 5.41) is 1.97. The SMILES string of the molecule is O=C(c1ccccc1)n1c2ccccc2c2cccc(O[PH](=S)S)c21. The third kappa shape index (κ3) is 2.89. The normalized spacial score (nSPS) is 12.4. The molecule has 0 amide bonds. The summed E-state index contributed by atoms with van der Waals surface area (Å²) in [6.07, 6.45) is -1.67. The van der Waals surface area contributed by atoms with E-state index in [2.05, 4.69) is 12.2 Å². The molecule has 4 aromatic rings. The molecular formula is C19H14NO2PS2. The summed E-state index contributed by atoms with van der Waals surface area (Å²) in [7, 11) is 0. The maximum absolute atomic E-state index is 13.2. The van der Waals surface area contributed by atoms with E-state index in [1.54, 1.807) is 4.57 Å². The van der Waals surface area contributed by atoms with Crippen LogP contribution >= 0.6 is 18.4 Å². The van der Waals surface area contributed by atoms with Gasteiger partial charge in [0.05, 0.1) is 11.0 Å². The minimum atomic E-state index is -1.67.